The molecule has 33 heavy (non-hydrogen) atoms. The van der Waals surface area contributed by atoms with Crippen LogP contribution in [0.3, 0.4) is 0 Å². The molecule has 0 radical (unpaired) electrons. The third kappa shape index (κ3) is 4.37. The van der Waals surface area contributed by atoms with Gasteiger partial charge in [0.2, 0.25) is 0 Å². The highest BCUT2D eigenvalue weighted by Crippen LogP contribution is 2.42. The standard InChI is InChI=1S/C26H29FN4O2/c1-30-25(14-24(29-30)17-3-7-20(27)8-4-17)23-16-31-12-11-19(23)13-21(31)15-28-26(32)18-5-9-22(33-2)10-6-18/h3-10,14,19,21,23H,11-13,15-16H2,1-2H3,(H,28,32)/t19-,21+,23-/m0/s1. The van der Waals surface area contributed by atoms with E-state index in [1.807, 2.05) is 11.7 Å². The fraction of sp³-hybridized carbons (Fsp3) is 0.385. The minimum Gasteiger partial charge on any atom is -0.497 e. The zero-order chi connectivity index (χ0) is 22.9. The van der Waals surface area contributed by atoms with Gasteiger partial charge in [0.05, 0.1) is 12.8 Å². The van der Waals surface area contributed by atoms with Crippen LogP contribution in [-0.2, 0) is 7.05 Å². The molecule has 7 heteroatoms. The van der Waals surface area contributed by atoms with Gasteiger partial charge in [-0.2, -0.15) is 5.10 Å². The van der Waals surface area contributed by atoms with Crippen molar-refractivity contribution in [1.82, 2.24) is 20.0 Å². The predicted octanol–water partition coefficient (Wildman–Crippen LogP) is 3.84. The van der Waals surface area contributed by atoms with Crippen molar-refractivity contribution in [3.8, 4) is 17.0 Å². The van der Waals surface area contributed by atoms with E-state index >= 15 is 0 Å². The SMILES string of the molecule is COc1ccc(C(=O)NC[C@H]2C[C@@H]3CCN2C[C@@H]3c2cc(-c3ccc(F)cc3)nn2C)cc1. The van der Waals surface area contributed by atoms with E-state index in [4.69, 9.17) is 9.84 Å². The predicted molar refractivity (Wildman–Crippen MR) is 125 cm³/mol. The van der Waals surface area contributed by atoms with Gasteiger partial charge in [0.1, 0.15) is 11.6 Å². The fourth-order valence-corrected chi connectivity index (χ4v) is 5.33. The van der Waals surface area contributed by atoms with Crippen molar-refractivity contribution in [2.24, 2.45) is 13.0 Å². The van der Waals surface area contributed by atoms with Gasteiger partial charge in [-0.25, -0.2) is 4.39 Å². The molecule has 4 heterocycles. The molecule has 3 aromatic rings. The second kappa shape index (κ2) is 8.98. The lowest BCUT2D eigenvalue weighted by Crippen LogP contribution is -2.56. The first-order valence-corrected chi connectivity index (χ1v) is 11.5. The van der Waals surface area contributed by atoms with Crippen molar-refractivity contribution < 1.29 is 13.9 Å². The third-order valence-electron chi connectivity index (χ3n) is 7.16. The van der Waals surface area contributed by atoms with E-state index in [1.165, 1.54) is 17.8 Å². The molecular formula is C26H29FN4O2. The Morgan fingerprint density at radius 1 is 1.18 bits per heavy atom. The zero-order valence-corrected chi connectivity index (χ0v) is 19.0. The van der Waals surface area contributed by atoms with Gasteiger partial charge in [-0.15, -0.1) is 0 Å². The van der Waals surface area contributed by atoms with Gasteiger partial charge in [-0.1, -0.05) is 0 Å². The molecule has 3 saturated heterocycles. The highest BCUT2D eigenvalue weighted by Gasteiger charge is 2.41. The Morgan fingerprint density at radius 2 is 1.94 bits per heavy atom. The van der Waals surface area contributed by atoms with E-state index in [0.29, 0.717) is 30.0 Å². The summed E-state index contributed by atoms with van der Waals surface area (Å²) < 4.78 is 20.4. The number of carbonyl (C=O) groups is 1. The van der Waals surface area contributed by atoms with Gasteiger partial charge in [0.15, 0.2) is 0 Å². The number of hydrogen-bond acceptors (Lipinski definition) is 4. The summed E-state index contributed by atoms with van der Waals surface area (Å²) in [7, 11) is 3.61. The molecule has 3 fully saturated rings. The average Bonchev–Trinajstić information content (AvgIpc) is 3.24. The molecule has 172 valence electrons. The normalized spacial score (nSPS) is 24.0. The number of halogens is 1. The van der Waals surface area contributed by atoms with E-state index < -0.39 is 0 Å². The Morgan fingerprint density at radius 3 is 2.61 bits per heavy atom. The lowest BCUT2D eigenvalue weighted by molar-refractivity contribution is 0.0280. The molecule has 1 N–H and O–H groups in total. The van der Waals surface area contributed by atoms with E-state index in [-0.39, 0.29) is 11.7 Å². The molecular weight excluding hydrogens is 419 g/mol. The first-order valence-electron chi connectivity index (χ1n) is 11.5. The molecule has 3 aliphatic rings. The van der Waals surface area contributed by atoms with Gasteiger partial charge < -0.3 is 10.1 Å². The quantitative estimate of drug-likeness (QED) is 0.623. The summed E-state index contributed by atoms with van der Waals surface area (Å²) in [6.07, 6.45) is 2.22. The van der Waals surface area contributed by atoms with Crippen molar-refractivity contribution >= 4 is 5.91 Å². The van der Waals surface area contributed by atoms with Gasteiger partial charge in [0, 0.05) is 48.9 Å². The van der Waals surface area contributed by atoms with Crippen LogP contribution in [0.4, 0.5) is 4.39 Å². The van der Waals surface area contributed by atoms with Crippen molar-refractivity contribution in [2.75, 3.05) is 26.7 Å². The number of carbonyl (C=O) groups excluding carboxylic acids is 1. The van der Waals surface area contributed by atoms with Crippen LogP contribution in [0, 0.1) is 11.7 Å². The van der Waals surface area contributed by atoms with Crippen molar-refractivity contribution in [3.63, 3.8) is 0 Å². The number of nitrogens with zero attached hydrogens (tertiary/aromatic N) is 3. The fourth-order valence-electron chi connectivity index (χ4n) is 5.33. The van der Waals surface area contributed by atoms with Crippen LogP contribution in [0.2, 0.25) is 0 Å². The van der Waals surface area contributed by atoms with E-state index in [1.54, 1.807) is 43.5 Å². The molecule has 2 bridgehead atoms. The number of ether oxygens (including phenoxy) is 1. The number of amides is 1. The highest BCUT2D eigenvalue weighted by molar-refractivity contribution is 5.94. The number of piperidine rings is 3. The molecule has 6 nitrogen and oxygen atoms in total. The topological polar surface area (TPSA) is 59.4 Å². The minimum absolute atomic E-state index is 0.0487. The Kier molecular flexibility index (Phi) is 5.89. The van der Waals surface area contributed by atoms with Crippen LogP contribution in [0.25, 0.3) is 11.3 Å². The first kappa shape index (κ1) is 21.6. The average molecular weight is 449 g/mol. The Bertz CT molecular complexity index is 1130. The maximum absolute atomic E-state index is 13.3. The second-order valence-corrected chi connectivity index (χ2v) is 9.06. The Hall–Kier alpha value is -3.19. The van der Waals surface area contributed by atoms with E-state index in [0.717, 1.165) is 42.9 Å². The summed E-state index contributed by atoms with van der Waals surface area (Å²) in [5.41, 5.74) is 3.68. The molecule has 1 aromatic heterocycles. The number of rotatable bonds is 6. The summed E-state index contributed by atoms with van der Waals surface area (Å²) >= 11 is 0. The molecule has 0 spiro atoms. The van der Waals surface area contributed by atoms with Crippen LogP contribution in [0.5, 0.6) is 5.75 Å². The van der Waals surface area contributed by atoms with Gasteiger partial charge >= 0.3 is 0 Å². The smallest absolute Gasteiger partial charge is 0.251 e. The molecule has 2 aromatic carbocycles. The zero-order valence-electron chi connectivity index (χ0n) is 19.0. The minimum atomic E-state index is -0.239. The van der Waals surface area contributed by atoms with E-state index in [9.17, 15) is 9.18 Å². The number of aryl methyl sites for hydroxylation is 1. The van der Waals surface area contributed by atoms with Crippen molar-refractivity contribution in [2.45, 2.75) is 24.8 Å². The first-order chi connectivity index (χ1) is 16.0. The van der Waals surface area contributed by atoms with Crippen LogP contribution in [0.15, 0.2) is 54.6 Å². The molecule has 4 atom stereocenters. The Balaban J connectivity index is 1.23. The van der Waals surface area contributed by atoms with Gasteiger partial charge in [-0.05, 0) is 79.9 Å². The molecule has 6 rings (SSSR count). The molecule has 3 aliphatic heterocycles. The number of fused-ring (bicyclic) bond motifs is 3. The maximum Gasteiger partial charge on any atom is 0.251 e. The van der Waals surface area contributed by atoms with Crippen LogP contribution < -0.4 is 10.1 Å². The maximum atomic E-state index is 13.3. The number of nitrogens with one attached hydrogen (secondary N) is 1. The number of hydrogen-bond donors (Lipinski definition) is 1. The van der Waals surface area contributed by atoms with Crippen molar-refractivity contribution in [1.29, 1.82) is 0 Å². The monoisotopic (exact) mass is 448 g/mol. The number of methoxy groups -OCH3 is 1. The van der Waals surface area contributed by atoms with Crippen LogP contribution >= 0.6 is 0 Å². The lowest BCUT2D eigenvalue weighted by Gasteiger charge is -2.50. The second-order valence-electron chi connectivity index (χ2n) is 9.06. The number of benzene rings is 2. The van der Waals surface area contributed by atoms with Gasteiger partial charge in [0.25, 0.3) is 5.91 Å². The van der Waals surface area contributed by atoms with Crippen LogP contribution in [0.1, 0.15) is 34.8 Å². The van der Waals surface area contributed by atoms with Gasteiger partial charge in [-0.3, -0.25) is 14.4 Å². The molecule has 1 amide bonds. The lowest BCUT2D eigenvalue weighted by atomic mass is 9.74. The molecule has 1 unspecified atom stereocenters. The van der Waals surface area contributed by atoms with Crippen molar-refractivity contribution in [3.05, 3.63) is 71.7 Å². The molecule has 0 aliphatic carbocycles. The highest BCUT2D eigenvalue weighted by atomic mass is 19.1. The summed E-state index contributed by atoms with van der Waals surface area (Å²) in [4.78, 5) is 15.1. The van der Waals surface area contributed by atoms with E-state index in [2.05, 4.69) is 16.3 Å². The summed E-state index contributed by atoms with van der Waals surface area (Å²) in [6, 6.07) is 16.2. The number of aromatic nitrogens is 2. The summed E-state index contributed by atoms with van der Waals surface area (Å²) in [6.45, 7) is 2.68. The third-order valence-corrected chi connectivity index (χ3v) is 7.16. The summed E-state index contributed by atoms with van der Waals surface area (Å²) in [5, 5.41) is 7.82. The molecule has 0 saturated carbocycles. The Labute approximate surface area is 193 Å². The largest absolute Gasteiger partial charge is 0.497 e. The van der Waals surface area contributed by atoms with Crippen LogP contribution in [-0.4, -0.2) is 53.4 Å². The summed E-state index contributed by atoms with van der Waals surface area (Å²) in [5.74, 6) is 1.43.